The van der Waals surface area contributed by atoms with E-state index in [0.29, 0.717) is 5.92 Å². The highest BCUT2D eigenvalue weighted by Gasteiger charge is 2.42. The highest BCUT2D eigenvalue weighted by atomic mass is 28.4. The molecular formula is C30H60O4Si2. The fourth-order valence-corrected chi connectivity index (χ4v) is 11.6. The number of carbonyl (C=O) groups excluding carboxylic acids is 1. The van der Waals surface area contributed by atoms with E-state index in [0.717, 1.165) is 61.9 Å². The molecule has 0 radical (unpaired) electrons. The van der Waals surface area contributed by atoms with E-state index in [1.54, 1.807) is 0 Å². The summed E-state index contributed by atoms with van der Waals surface area (Å²) in [4.78, 5) is 11.9. The minimum Gasteiger partial charge on any atom is -0.458 e. The molecule has 0 aliphatic heterocycles. The molecule has 0 amide bonds. The Bertz CT molecular complexity index is 594. The molecule has 1 aliphatic rings. The molecule has 0 aromatic heterocycles. The summed E-state index contributed by atoms with van der Waals surface area (Å²) in [5.74, 6) is 0.349. The maximum atomic E-state index is 11.9. The number of unbranched alkanes of at least 4 members (excludes halogenated alkanes) is 2. The van der Waals surface area contributed by atoms with Gasteiger partial charge in [-0.1, -0.05) is 86.6 Å². The van der Waals surface area contributed by atoms with Gasteiger partial charge in [0.1, 0.15) is 6.10 Å². The van der Waals surface area contributed by atoms with Gasteiger partial charge in [0.25, 0.3) is 0 Å². The molecular weight excluding hydrogens is 480 g/mol. The van der Waals surface area contributed by atoms with Gasteiger partial charge in [-0.05, 0) is 73.9 Å². The van der Waals surface area contributed by atoms with E-state index in [9.17, 15) is 4.79 Å². The van der Waals surface area contributed by atoms with Gasteiger partial charge in [0.05, 0.1) is 12.2 Å². The summed E-state index contributed by atoms with van der Waals surface area (Å²) in [5, 5.41) is 0. The summed E-state index contributed by atoms with van der Waals surface area (Å²) in [6.07, 6.45) is 15.0. The zero-order valence-corrected chi connectivity index (χ0v) is 27.2. The van der Waals surface area contributed by atoms with Crippen LogP contribution >= 0.6 is 0 Å². The van der Waals surface area contributed by atoms with Gasteiger partial charge in [-0.15, -0.1) is 0 Å². The van der Waals surface area contributed by atoms with Crippen LogP contribution < -0.4 is 0 Å². The van der Waals surface area contributed by atoms with Gasteiger partial charge in [0.15, 0.2) is 16.6 Å². The molecule has 0 aromatic carbocycles. The molecule has 1 fully saturated rings. The summed E-state index contributed by atoms with van der Waals surface area (Å²) in [5.41, 5.74) is 0. The molecule has 212 valence electrons. The van der Waals surface area contributed by atoms with Crippen molar-refractivity contribution in [2.75, 3.05) is 0 Å². The Morgan fingerprint density at radius 3 is 1.78 bits per heavy atom. The summed E-state index contributed by atoms with van der Waals surface area (Å²) < 4.78 is 20.4. The minimum absolute atomic E-state index is 0.0552. The van der Waals surface area contributed by atoms with E-state index >= 15 is 0 Å². The van der Waals surface area contributed by atoms with E-state index in [4.69, 9.17) is 13.6 Å². The van der Waals surface area contributed by atoms with Crippen molar-refractivity contribution < 1.29 is 18.4 Å². The fraction of sp³-hybridized carbons (Fsp3) is 0.900. The molecule has 0 N–H and O–H groups in total. The molecule has 1 rings (SSSR count). The predicted octanol–water partition coefficient (Wildman–Crippen LogP) is 9.42. The molecule has 0 bridgehead atoms. The van der Waals surface area contributed by atoms with Gasteiger partial charge in [0, 0.05) is 6.92 Å². The largest absolute Gasteiger partial charge is 0.458 e. The van der Waals surface area contributed by atoms with Gasteiger partial charge >= 0.3 is 5.97 Å². The highest BCUT2D eigenvalue weighted by Crippen LogP contribution is 2.37. The van der Waals surface area contributed by atoms with Crippen LogP contribution in [-0.4, -0.2) is 40.9 Å². The lowest BCUT2D eigenvalue weighted by molar-refractivity contribution is -0.144. The molecule has 0 saturated heterocycles. The van der Waals surface area contributed by atoms with E-state index in [2.05, 4.69) is 60.6 Å². The fourth-order valence-electron chi connectivity index (χ4n) is 5.92. The maximum Gasteiger partial charge on any atom is 0.303 e. The lowest BCUT2D eigenvalue weighted by Gasteiger charge is -2.44. The van der Waals surface area contributed by atoms with E-state index in [1.165, 1.54) is 39.0 Å². The first-order valence-corrected chi connectivity index (χ1v) is 20.5. The summed E-state index contributed by atoms with van der Waals surface area (Å²) in [6.45, 7) is 17.7. The van der Waals surface area contributed by atoms with Gasteiger partial charge in [-0.25, -0.2) is 0 Å². The molecule has 6 heteroatoms. The predicted molar refractivity (Wildman–Crippen MR) is 160 cm³/mol. The van der Waals surface area contributed by atoms with Gasteiger partial charge < -0.3 is 13.6 Å². The molecule has 0 spiro atoms. The van der Waals surface area contributed by atoms with Crippen LogP contribution in [0.2, 0.25) is 36.3 Å². The standard InChI is InChI=1S/C30H60O4Si2/c1-9-16-18-23-28(32-26(8)31)24-25-29(33-35(10-2,11-3)12-4)30(27-21-19-17-20-22-27)34-36(13-5,14-6)15-7/h24-25,27-30H,9-23H2,1-8H3/b25-24+/t28-,29+,30+/m0/s1. The first kappa shape index (κ1) is 33.6. The normalized spacial score (nSPS) is 18.3. The third-order valence-corrected chi connectivity index (χ3v) is 18.3. The number of rotatable bonds is 19. The number of carbonyl (C=O) groups is 1. The zero-order chi connectivity index (χ0) is 27.0. The van der Waals surface area contributed by atoms with E-state index < -0.39 is 16.6 Å². The quantitative estimate of drug-likeness (QED) is 0.0708. The van der Waals surface area contributed by atoms with Gasteiger partial charge in [-0.2, -0.15) is 0 Å². The van der Waals surface area contributed by atoms with Crippen molar-refractivity contribution >= 4 is 22.6 Å². The molecule has 0 heterocycles. The van der Waals surface area contributed by atoms with Crippen LogP contribution in [0.15, 0.2) is 12.2 Å². The Labute approximate surface area is 226 Å². The molecule has 3 atom stereocenters. The first-order chi connectivity index (χ1) is 17.3. The molecule has 0 aromatic rings. The van der Waals surface area contributed by atoms with Crippen LogP contribution in [0.4, 0.5) is 0 Å². The average molecular weight is 541 g/mol. The molecule has 36 heavy (non-hydrogen) atoms. The van der Waals surface area contributed by atoms with Crippen LogP contribution in [0.25, 0.3) is 0 Å². The van der Waals surface area contributed by atoms with Crippen molar-refractivity contribution in [3.05, 3.63) is 12.2 Å². The lowest BCUT2D eigenvalue weighted by atomic mass is 9.83. The van der Waals surface area contributed by atoms with Crippen LogP contribution in [0.1, 0.15) is 113 Å². The summed E-state index contributed by atoms with van der Waals surface area (Å²) >= 11 is 0. The topological polar surface area (TPSA) is 44.8 Å². The molecule has 0 unspecified atom stereocenters. The van der Waals surface area contributed by atoms with Crippen molar-refractivity contribution in [1.29, 1.82) is 0 Å². The monoisotopic (exact) mass is 540 g/mol. The molecule has 1 aliphatic carbocycles. The second-order valence-corrected chi connectivity index (χ2v) is 20.5. The average Bonchev–Trinajstić information content (AvgIpc) is 2.91. The van der Waals surface area contributed by atoms with Crippen LogP contribution in [0.5, 0.6) is 0 Å². The Hall–Kier alpha value is -0.436. The number of hydrogen-bond acceptors (Lipinski definition) is 4. The van der Waals surface area contributed by atoms with Gasteiger partial charge in [-0.3, -0.25) is 4.79 Å². The minimum atomic E-state index is -1.87. The zero-order valence-electron chi connectivity index (χ0n) is 25.2. The Morgan fingerprint density at radius 1 is 0.778 bits per heavy atom. The summed E-state index contributed by atoms with van der Waals surface area (Å²) in [6, 6.07) is 6.86. The van der Waals surface area contributed by atoms with Crippen molar-refractivity contribution in [3.63, 3.8) is 0 Å². The number of ether oxygens (including phenoxy) is 1. The molecule has 4 nitrogen and oxygen atoms in total. The van der Waals surface area contributed by atoms with Crippen LogP contribution in [0.3, 0.4) is 0 Å². The Kier molecular flexibility index (Phi) is 16.8. The van der Waals surface area contributed by atoms with Crippen LogP contribution in [-0.2, 0) is 18.4 Å². The van der Waals surface area contributed by atoms with Crippen molar-refractivity contribution in [2.24, 2.45) is 5.92 Å². The van der Waals surface area contributed by atoms with Crippen LogP contribution in [0, 0.1) is 5.92 Å². The van der Waals surface area contributed by atoms with Crippen molar-refractivity contribution in [2.45, 2.75) is 168 Å². The Balaban J connectivity index is 3.44. The number of hydrogen-bond donors (Lipinski definition) is 0. The first-order valence-electron chi connectivity index (χ1n) is 15.5. The second kappa shape index (κ2) is 18.0. The molecule has 1 saturated carbocycles. The number of esters is 1. The van der Waals surface area contributed by atoms with E-state index in [-0.39, 0.29) is 24.3 Å². The van der Waals surface area contributed by atoms with E-state index in [1.807, 2.05) is 0 Å². The Morgan fingerprint density at radius 2 is 1.31 bits per heavy atom. The van der Waals surface area contributed by atoms with Crippen molar-refractivity contribution in [3.8, 4) is 0 Å². The second-order valence-electron chi connectivity index (χ2n) is 11.1. The third-order valence-electron chi connectivity index (χ3n) is 9.00. The van der Waals surface area contributed by atoms with Gasteiger partial charge in [0.2, 0.25) is 0 Å². The van der Waals surface area contributed by atoms with Crippen molar-refractivity contribution in [1.82, 2.24) is 0 Å². The third kappa shape index (κ3) is 10.7. The highest BCUT2D eigenvalue weighted by molar-refractivity contribution is 6.74. The summed E-state index contributed by atoms with van der Waals surface area (Å²) in [7, 11) is -3.70. The lowest BCUT2D eigenvalue weighted by Crippen LogP contribution is -2.51. The smallest absolute Gasteiger partial charge is 0.303 e. The maximum absolute atomic E-state index is 11.9. The SMILES string of the molecule is CCCCC[C@@H](/C=C/[C@@H](O[Si](CC)(CC)CC)[C@H](O[Si](CC)(CC)CC)C1CCCCC1)OC(C)=O.